The van der Waals surface area contributed by atoms with Crippen LogP contribution in [0, 0.1) is 5.41 Å². The van der Waals surface area contributed by atoms with Gasteiger partial charge in [-0.05, 0) is 44.7 Å². The number of carbonyl (C=O) groups excluding carboxylic acids is 1. The second kappa shape index (κ2) is 7.49. The first-order valence-corrected chi connectivity index (χ1v) is 11.0. The number of rotatable bonds is 5. The number of hydrogen-bond acceptors (Lipinski definition) is 8. The first kappa shape index (κ1) is 19.7. The lowest BCUT2D eigenvalue weighted by atomic mass is 9.75. The van der Waals surface area contributed by atoms with E-state index in [1.807, 2.05) is 26.0 Å². The lowest BCUT2D eigenvalue weighted by molar-refractivity contribution is -0.155. The molecule has 31 heavy (non-hydrogen) atoms. The van der Waals surface area contributed by atoms with Crippen molar-refractivity contribution in [2.75, 3.05) is 19.0 Å². The van der Waals surface area contributed by atoms with Gasteiger partial charge in [-0.2, -0.15) is 5.10 Å². The van der Waals surface area contributed by atoms with Gasteiger partial charge in [-0.1, -0.05) is 0 Å². The number of benzene rings is 1. The Labute approximate surface area is 183 Å². The molecule has 0 aliphatic heterocycles. The van der Waals surface area contributed by atoms with Gasteiger partial charge in [0.1, 0.15) is 22.7 Å². The zero-order valence-corrected chi connectivity index (χ0v) is 18.4. The average Bonchev–Trinajstić information content (AvgIpc) is 3.36. The van der Waals surface area contributed by atoms with E-state index in [4.69, 9.17) is 9.47 Å². The van der Waals surface area contributed by atoms with E-state index < -0.39 is 5.41 Å². The molecule has 5 rings (SSSR count). The Morgan fingerprint density at radius 3 is 3.03 bits per heavy atom. The largest absolute Gasteiger partial charge is 0.494 e. The van der Waals surface area contributed by atoms with Crippen LogP contribution in [0.1, 0.15) is 30.7 Å². The quantitative estimate of drug-likeness (QED) is 0.447. The number of esters is 1. The molecule has 0 spiro atoms. The summed E-state index contributed by atoms with van der Waals surface area (Å²) in [7, 11) is 1.64. The highest BCUT2D eigenvalue weighted by molar-refractivity contribution is 7.19. The molecule has 8 nitrogen and oxygen atoms in total. The smallest absolute Gasteiger partial charge is 0.312 e. The number of nitrogens with zero attached hydrogens (tertiary/aromatic N) is 3. The summed E-state index contributed by atoms with van der Waals surface area (Å²) in [4.78, 5) is 23.7. The number of aromatic amines is 1. The van der Waals surface area contributed by atoms with Gasteiger partial charge in [-0.3, -0.25) is 9.89 Å². The number of methoxy groups -OCH3 is 1. The highest BCUT2D eigenvalue weighted by Crippen LogP contribution is 2.45. The second-order valence-corrected chi connectivity index (χ2v) is 9.08. The van der Waals surface area contributed by atoms with Crippen LogP contribution in [0.25, 0.3) is 21.1 Å². The molecule has 1 aliphatic carbocycles. The Morgan fingerprint density at radius 1 is 1.35 bits per heavy atom. The Kier molecular flexibility index (Phi) is 4.77. The predicted molar refractivity (Wildman–Crippen MR) is 120 cm³/mol. The third kappa shape index (κ3) is 3.29. The molecule has 1 unspecified atom stereocenters. The van der Waals surface area contributed by atoms with Crippen LogP contribution in [0.3, 0.4) is 0 Å². The fourth-order valence-corrected chi connectivity index (χ4v) is 5.60. The zero-order valence-electron chi connectivity index (χ0n) is 17.6. The molecular formula is C22H23N5O3S. The molecule has 4 aromatic rings. The van der Waals surface area contributed by atoms with E-state index in [0.717, 1.165) is 45.5 Å². The lowest BCUT2D eigenvalue weighted by Crippen LogP contribution is -2.35. The standard InChI is InChI=1S/C22H23N5O3S/c1-4-30-21(28)22(2)6-5-13-17(9-22)31-20-18(13)19(23-11-24-20)26-15-7-12-10-25-27-14(12)8-16(15)29-3/h7-8,10-11H,4-6,9H2,1-3H3,(H,25,27)(H,23,24,26). The molecule has 1 atom stereocenters. The Bertz CT molecular complexity index is 1300. The van der Waals surface area contributed by atoms with E-state index in [0.29, 0.717) is 18.8 Å². The summed E-state index contributed by atoms with van der Waals surface area (Å²) in [6.45, 7) is 4.24. The first-order valence-electron chi connectivity index (χ1n) is 10.2. The van der Waals surface area contributed by atoms with Crippen molar-refractivity contribution < 1.29 is 14.3 Å². The molecule has 3 heterocycles. The van der Waals surface area contributed by atoms with Crippen LogP contribution >= 0.6 is 11.3 Å². The maximum Gasteiger partial charge on any atom is 0.312 e. The molecule has 2 N–H and O–H groups in total. The SMILES string of the molecule is CCOC(=O)C1(C)CCc2c(sc3ncnc(Nc4cc5cn[nH]c5cc4OC)c23)C1. The van der Waals surface area contributed by atoms with Crippen molar-refractivity contribution in [1.82, 2.24) is 20.2 Å². The number of aromatic nitrogens is 4. The van der Waals surface area contributed by atoms with Crippen molar-refractivity contribution >= 4 is 49.9 Å². The van der Waals surface area contributed by atoms with Crippen LogP contribution in [-0.2, 0) is 22.4 Å². The summed E-state index contributed by atoms with van der Waals surface area (Å²) in [6, 6.07) is 3.90. The number of fused-ring (bicyclic) bond motifs is 4. The predicted octanol–water partition coefficient (Wildman–Crippen LogP) is 4.38. The van der Waals surface area contributed by atoms with Crippen LogP contribution in [0.15, 0.2) is 24.7 Å². The molecular weight excluding hydrogens is 414 g/mol. The zero-order chi connectivity index (χ0) is 21.6. The van der Waals surface area contributed by atoms with E-state index in [1.54, 1.807) is 31.0 Å². The molecule has 0 radical (unpaired) electrons. The van der Waals surface area contributed by atoms with Gasteiger partial charge in [-0.25, -0.2) is 9.97 Å². The van der Waals surface area contributed by atoms with E-state index in [2.05, 4.69) is 25.5 Å². The molecule has 0 bridgehead atoms. The molecule has 0 saturated carbocycles. The van der Waals surface area contributed by atoms with Crippen molar-refractivity contribution in [2.45, 2.75) is 33.1 Å². The number of H-pyrrole nitrogens is 1. The molecule has 1 aliphatic rings. The highest BCUT2D eigenvalue weighted by atomic mass is 32.1. The van der Waals surface area contributed by atoms with Gasteiger partial charge in [0, 0.05) is 16.3 Å². The van der Waals surface area contributed by atoms with Crippen molar-refractivity contribution in [3.05, 3.63) is 35.1 Å². The minimum absolute atomic E-state index is 0.124. The molecule has 0 saturated heterocycles. The fraction of sp³-hybridized carbons (Fsp3) is 0.364. The van der Waals surface area contributed by atoms with Gasteiger partial charge in [-0.15, -0.1) is 11.3 Å². The van der Waals surface area contributed by atoms with Gasteiger partial charge in [0.05, 0.1) is 41.9 Å². The van der Waals surface area contributed by atoms with Gasteiger partial charge in [0.15, 0.2) is 0 Å². The van der Waals surface area contributed by atoms with Gasteiger partial charge in [0.25, 0.3) is 0 Å². The van der Waals surface area contributed by atoms with Crippen LogP contribution in [-0.4, -0.2) is 39.9 Å². The molecule has 3 aromatic heterocycles. The molecule has 9 heteroatoms. The van der Waals surface area contributed by atoms with Gasteiger partial charge in [0.2, 0.25) is 0 Å². The van der Waals surface area contributed by atoms with Crippen molar-refractivity contribution in [2.24, 2.45) is 5.41 Å². The van der Waals surface area contributed by atoms with Crippen LogP contribution in [0.2, 0.25) is 0 Å². The normalized spacial score (nSPS) is 18.2. The van der Waals surface area contributed by atoms with Crippen LogP contribution in [0.5, 0.6) is 5.75 Å². The van der Waals surface area contributed by atoms with Crippen molar-refractivity contribution in [1.29, 1.82) is 0 Å². The first-order chi connectivity index (χ1) is 15.0. The number of thiophene rings is 1. The summed E-state index contributed by atoms with van der Waals surface area (Å²) >= 11 is 1.63. The Hall–Kier alpha value is -3.20. The summed E-state index contributed by atoms with van der Waals surface area (Å²) in [5, 5.41) is 12.5. The van der Waals surface area contributed by atoms with E-state index in [-0.39, 0.29) is 5.97 Å². The molecule has 0 amide bonds. The number of nitrogens with one attached hydrogen (secondary N) is 2. The topological polar surface area (TPSA) is 102 Å². The van der Waals surface area contributed by atoms with E-state index >= 15 is 0 Å². The van der Waals surface area contributed by atoms with Crippen LogP contribution < -0.4 is 10.1 Å². The van der Waals surface area contributed by atoms with Crippen molar-refractivity contribution in [3.63, 3.8) is 0 Å². The summed E-state index contributed by atoms with van der Waals surface area (Å²) < 4.78 is 10.9. The number of ether oxygens (including phenoxy) is 2. The highest BCUT2D eigenvalue weighted by Gasteiger charge is 2.40. The second-order valence-electron chi connectivity index (χ2n) is 8.00. The monoisotopic (exact) mass is 437 g/mol. The Morgan fingerprint density at radius 2 is 2.23 bits per heavy atom. The average molecular weight is 438 g/mol. The molecule has 1 aromatic carbocycles. The number of aryl methyl sites for hydroxylation is 1. The molecule has 0 fully saturated rings. The van der Waals surface area contributed by atoms with E-state index in [1.165, 1.54) is 10.4 Å². The minimum atomic E-state index is -0.500. The third-order valence-corrected chi connectivity index (χ3v) is 7.07. The van der Waals surface area contributed by atoms with E-state index in [9.17, 15) is 4.79 Å². The Balaban J connectivity index is 1.55. The van der Waals surface area contributed by atoms with Crippen molar-refractivity contribution in [3.8, 4) is 5.75 Å². The maximum atomic E-state index is 12.5. The summed E-state index contributed by atoms with van der Waals surface area (Å²) in [5.41, 5.74) is 2.43. The van der Waals surface area contributed by atoms with Gasteiger partial charge < -0.3 is 14.8 Å². The number of hydrogen-bond donors (Lipinski definition) is 2. The summed E-state index contributed by atoms with van der Waals surface area (Å²) in [5.74, 6) is 1.31. The maximum absolute atomic E-state index is 12.5. The number of carbonyl (C=O) groups is 1. The fourth-order valence-electron chi connectivity index (χ4n) is 4.23. The summed E-state index contributed by atoms with van der Waals surface area (Å²) in [6.07, 6.45) is 5.53. The molecule has 160 valence electrons. The number of anilines is 2. The minimum Gasteiger partial charge on any atom is -0.494 e. The van der Waals surface area contributed by atoms with Crippen LogP contribution in [0.4, 0.5) is 11.5 Å². The third-order valence-electron chi connectivity index (χ3n) is 5.93. The van der Waals surface area contributed by atoms with Gasteiger partial charge >= 0.3 is 5.97 Å². The lowest BCUT2D eigenvalue weighted by Gasteiger charge is -2.31.